The molecule has 4 nitrogen and oxygen atoms in total. The highest BCUT2D eigenvalue weighted by molar-refractivity contribution is 6.35. The molecule has 1 amide bonds. The predicted molar refractivity (Wildman–Crippen MR) is 95.4 cm³/mol. The van der Waals surface area contributed by atoms with Crippen molar-refractivity contribution >= 4 is 34.8 Å². The number of halogens is 2. The maximum atomic E-state index is 11.7. The molecule has 0 saturated heterocycles. The quantitative estimate of drug-likeness (QED) is 0.744. The van der Waals surface area contributed by atoms with Crippen molar-refractivity contribution in [3.05, 3.63) is 70.5 Å². The third-order valence-corrected chi connectivity index (χ3v) is 3.73. The summed E-state index contributed by atoms with van der Waals surface area (Å²) in [5.74, 6) is -0.218. The highest BCUT2D eigenvalue weighted by Gasteiger charge is 2.05. The molecule has 1 aromatic heterocycles. The molecule has 6 heteroatoms. The summed E-state index contributed by atoms with van der Waals surface area (Å²) in [7, 11) is 0. The van der Waals surface area contributed by atoms with Gasteiger partial charge >= 0.3 is 0 Å². The molecular weight excluding hydrogens is 333 g/mol. The van der Waals surface area contributed by atoms with Crippen LogP contribution in [0.4, 0.5) is 5.69 Å². The van der Waals surface area contributed by atoms with E-state index in [0.717, 1.165) is 17.7 Å². The first-order valence-corrected chi connectivity index (χ1v) is 7.88. The molecule has 2 rings (SSSR count). The zero-order valence-corrected chi connectivity index (χ0v) is 14.0. The Hall–Kier alpha value is -2.04. The van der Waals surface area contributed by atoms with E-state index in [1.54, 1.807) is 24.4 Å². The number of carbonyl (C=O) groups excluding carboxylic acids is 1. The number of benzene rings is 1. The molecule has 0 saturated carbocycles. The molecule has 0 aliphatic carbocycles. The first-order chi connectivity index (χ1) is 11.1. The third kappa shape index (κ3) is 5.27. The number of carbonyl (C=O) groups is 1. The summed E-state index contributed by atoms with van der Waals surface area (Å²) in [6, 6.07) is 8.96. The zero-order valence-electron chi connectivity index (χ0n) is 12.5. The highest BCUT2D eigenvalue weighted by Crippen LogP contribution is 2.21. The summed E-state index contributed by atoms with van der Waals surface area (Å²) in [6.45, 7) is 4.67. The number of pyridine rings is 1. The minimum absolute atomic E-state index is 0.218. The Morgan fingerprint density at radius 2 is 2.09 bits per heavy atom. The summed E-state index contributed by atoms with van der Waals surface area (Å²) in [6.07, 6.45) is 4.01. The second-order valence-corrected chi connectivity index (χ2v) is 5.69. The Morgan fingerprint density at radius 1 is 1.26 bits per heavy atom. The van der Waals surface area contributed by atoms with Crippen LogP contribution in [0.15, 0.2) is 49.2 Å². The van der Waals surface area contributed by atoms with Gasteiger partial charge in [-0.15, -0.1) is 6.58 Å². The van der Waals surface area contributed by atoms with Gasteiger partial charge in [-0.1, -0.05) is 35.3 Å². The molecule has 0 aliphatic rings. The largest absolute Gasteiger partial charge is 0.383 e. The van der Waals surface area contributed by atoms with E-state index in [1.165, 1.54) is 0 Å². The van der Waals surface area contributed by atoms with Gasteiger partial charge in [0.2, 0.25) is 0 Å². The fraction of sp³-hybridized carbons (Fsp3) is 0.176. The number of aromatic nitrogens is 1. The average Bonchev–Trinajstić information content (AvgIpc) is 2.55. The first-order valence-electron chi connectivity index (χ1n) is 7.13. The fourth-order valence-electron chi connectivity index (χ4n) is 1.95. The van der Waals surface area contributed by atoms with E-state index in [9.17, 15) is 4.79 Å². The van der Waals surface area contributed by atoms with Crippen LogP contribution in [0.5, 0.6) is 0 Å². The van der Waals surface area contributed by atoms with Gasteiger partial charge in [-0.3, -0.25) is 4.79 Å². The van der Waals surface area contributed by atoms with Crippen molar-refractivity contribution in [3.8, 4) is 0 Å². The van der Waals surface area contributed by atoms with Crippen molar-refractivity contribution < 1.29 is 4.79 Å². The van der Waals surface area contributed by atoms with E-state index in [1.807, 2.05) is 18.2 Å². The van der Waals surface area contributed by atoms with E-state index in [-0.39, 0.29) is 5.91 Å². The molecule has 120 valence electrons. The van der Waals surface area contributed by atoms with Crippen LogP contribution in [-0.2, 0) is 6.42 Å². The molecule has 0 radical (unpaired) electrons. The highest BCUT2D eigenvalue weighted by atomic mass is 35.5. The van der Waals surface area contributed by atoms with Crippen molar-refractivity contribution in [1.29, 1.82) is 0 Å². The van der Waals surface area contributed by atoms with Gasteiger partial charge in [0.05, 0.1) is 11.9 Å². The third-order valence-electron chi connectivity index (χ3n) is 3.14. The number of nitrogens with zero attached hydrogens (tertiary/aromatic N) is 1. The predicted octanol–water partition coefficient (Wildman–Crippen LogP) is 3.96. The van der Waals surface area contributed by atoms with Crippen LogP contribution in [0.1, 0.15) is 16.1 Å². The van der Waals surface area contributed by atoms with Crippen molar-refractivity contribution in [2.45, 2.75) is 6.42 Å². The topological polar surface area (TPSA) is 54.0 Å². The molecule has 2 aromatic rings. The van der Waals surface area contributed by atoms with Crippen LogP contribution in [0.3, 0.4) is 0 Å². The molecule has 23 heavy (non-hydrogen) atoms. The number of amides is 1. The molecule has 2 N–H and O–H groups in total. The SMILES string of the molecule is C=CCNC(=O)c1ccc(NCCc2ccc(Cl)cc2Cl)cn1. The van der Waals surface area contributed by atoms with Crippen LogP contribution in [0.2, 0.25) is 10.0 Å². The smallest absolute Gasteiger partial charge is 0.270 e. The lowest BCUT2D eigenvalue weighted by molar-refractivity contribution is 0.0953. The Balaban J connectivity index is 1.86. The maximum Gasteiger partial charge on any atom is 0.270 e. The molecule has 0 bridgehead atoms. The lowest BCUT2D eigenvalue weighted by atomic mass is 10.1. The van der Waals surface area contributed by atoms with Crippen LogP contribution < -0.4 is 10.6 Å². The molecule has 0 aliphatic heterocycles. The minimum Gasteiger partial charge on any atom is -0.383 e. The van der Waals surface area contributed by atoms with Crippen LogP contribution in [0, 0.1) is 0 Å². The Labute approximate surface area is 145 Å². The Bertz CT molecular complexity index is 687. The molecule has 0 unspecified atom stereocenters. The number of rotatable bonds is 7. The normalized spacial score (nSPS) is 10.2. The van der Waals surface area contributed by atoms with Gasteiger partial charge in [0.25, 0.3) is 5.91 Å². The van der Waals surface area contributed by atoms with Gasteiger partial charge in [0.15, 0.2) is 0 Å². The number of anilines is 1. The van der Waals surface area contributed by atoms with Gasteiger partial charge in [-0.05, 0) is 36.2 Å². The molecule has 0 atom stereocenters. The Morgan fingerprint density at radius 3 is 2.74 bits per heavy atom. The van der Waals surface area contributed by atoms with Gasteiger partial charge in [-0.2, -0.15) is 0 Å². The van der Waals surface area contributed by atoms with Crippen molar-refractivity contribution in [2.24, 2.45) is 0 Å². The van der Waals surface area contributed by atoms with Crippen molar-refractivity contribution in [2.75, 3.05) is 18.4 Å². The Kier molecular flexibility index (Phi) is 6.44. The van der Waals surface area contributed by atoms with Gasteiger partial charge in [0.1, 0.15) is 5.69 Å². The van der Waals surface area contributed by atoms with Crippen LogP contribution in [0.25, 0.3) is 0 Å². The summed E-state index contributed by atoms with van der Waals surface area (Å²) in [5, 5.41) is 7.21. The number of hydrogen-bond acceptors (Lipinski definition) is 3. The number of nitrogens with one attached hydrogen (secondary N) is 2. The van der Waals surface area contributed by atoms with E-state index in [4.69, 9.17) is 23.2 Å². The molecule has 1 heterocycles. The summed E-state index contributed by atoms with van der Waals surface area (Å²) in [4.78, 5) is 15.8. The molecular formula is C17H17Cl2N3O. The summed E-state index contributed by atoms with van der Waals surface area (Å²) >= 11 is 12.0. The monoisotopic (exact) mass is 349 g/mol. The summed E-state index contributed by atoms with van der Waals surface area (Å²) < 4.78 is 0. The van der Waals surface area contributed by atoms with Gasteiger partial charge in [-0.25, -0.2) is 4.98 Å². The van der Waals surface area contributed by atoms with Gasteiger partial charge < -0.3 is 10.6 Å². The zero-order chi connectivity index (χ0) is 16.7. The fourth-order valence-corrected chi connectivity index (χ4v) is 2.46. The van der Waals surface area contributed by atoms with E-state index >= 15 is 0 Å². The lowest BCUT2D eigenvalue weighted by Crippen LogP contribution is -2.24. The lowest BCUT2D eigenvalue weighted by Gasteiger charge is -2.08. The molecule has 0 spiro atoms. The summed E-state index contributed by atoms with van der Waals surface area (Å²) in [5.41, 5.74) is 2.24. The van der Waals surface area contributed by atoms with E-state index < -0.39 is 0 Å². The van der Waals surface area contributed by atoms with Gasteiger partial charge in [0, 0.05) is 23.1 Å². The van der Waals surface area contributed by atoms with E-state index in [0.29, 0.717) is 28.8 Å². The maximum absolute atomic E-state index is 11.7. The minimum atomic E-state index is -0.218. The first kappa shape index (κ1) is 17.3. The van der Waals surface area contributed by atoms with Crippen LogP contribution in [-0.4, -0.2) is 24.0 Å². The molecule has 0 fully saturated rings. The second kappa shape index (κ2) is 8.56. The van der Waals surface area contributed by atoms with Crippen molar-refractivity contribution in [3.63, 3.8) is 0 Å². The van der Waals surface area contributed by atoms with Crippen LogP contribution >= 0.6 is 23.2 Å². The second-order valence-electron chi connectivity index (χ2n) is 4.84. The standard InChI is InChI=1S/C17H17Cl2N3O/c1-2-8-21-17(23)16-6-5-14(11-22-16)20-9-7-12-3-4-13(18)10-15(12)19/h2-6,10-11,20H,1,7-9H2,(H,21,23). The average molecular weight is 350 g/mol. The molecule has 1 aromatic carbocycles. The van der Waals surface area contributed by atoms with Crippen molar-refractivity contribution in [1.82, 2.24) is 10.3 Å². The van der Waals surface area contributed by atoms with E-state index in [2.05, 4.69) is 22.2 Å². The number of hydrogen-bond donors (Lipinski definition) is 2.